The molecule has 4 nitrogen and oxygen atoms in total. The molecular weight excluding hydrogens is 268 g/mol. The molecule has 0 amide bonds. The van der Waals surface area contributed by atoms with Crippen molar-refractivity contribution in [2.24, 2.45) is 7.05 Å². The van der Waals surface area contributed by atoms with Crippen LogP contribution in [0.25, 0.3) is 0 Å². The van der Waals surface area contributed by atoms with Crippen LogP contribution in [0, 0.1) is 0 Å². The smallest absolute Gasteiger partial charge is 0.123 e. The minimum absolute atomic E-state index is 0.309. The predicted octanol–water partition coefficient (Wildman–Crippen LogP) is 3.33. The van der Waals surface area contributed by atoms with Crippen LogP contribution in [0.1, 0.15) is 25.5 Å². The Morgan fingerprint density at radius 1 is 1.39 bits per heavy atom. The molecule has 0 spiro atoms. The van der Waals surface area contributed by atoms with Crippen molar-refractivity contribution in [2.45, 2.75) is 29.8 Å². The summed E-state index contributed by atoms with van der Waals surface area (Å²) in [4.78, 5) is 4.24. The molecule has 18 heavy (non-hydrogen) atoms. The second kappa shape index (κ2) is 5.20. The van der Waals surface area contributed by atoms with Crippen molar-refractivity contribution in [3.8, 4) is 0 Å². The molecule has 0 aliphatic heterocycles. The number of pyridine rings is 1. The monoisotopic (exact) mass is 282 g/mol. The third-order valence-corrected chi connectivity index (χ3v) is 3.86. The summed E-state index contributed by atoms with van der Waals surface area (Å²) in [6.07, 6.45) is 1.62. The minimum atomic E-state index is 0.309. The molecule has 0 aliphatic rings. The van der Waals surface area contributed by atoms with Gasteiger partial charge in [-0.2, -0.15) is 5.10 Å². The zero-order valence-electron chi connectivity index (χ0n) is 10.5. The van der Waals surface area contributed by atoms with Crippen molar-refractivity contribution in [3.05, 3.63) is 29.0 Å². The van der Waals surface area contributed by atoms with E-state index < -0.39 is 0 Å². The van der Waals surface area contributed by atoms with Crippen LogP contribution in [0.2, 0.25) is 5.02 Å². The van der Waals surface area contributed by atoms with Crippen molar-refractivity contribution >= 4 is 29.1 Å². The number of aryl methyl sites for hydroxylation is 1. The molecule has 0 unspecified atom stereocenters. The quantitative estimate of drug-likeness (QED) is 0.938. The van der Waals surface area contributed by atoms with Crippen LogP contribution in [0.5, 0.6) is 0 Å². The van der Waals surface area contributed by atoms with Crippen LogP contribution >= 0.6 is 23.4 Å². The number of rotatable bonds is 3. The minimum Gasteiger partial charge on any atom is -0.395 e. The number of halogens is 1. The molecule has 0 radical (unpaired) electrons. The molecule has 0 bridgehead atoms. The molecule has 2 aromatic rings. The van der Waals surface area contributed by atoms with Crippen LogP contribution in [-0.4, -0.2) is 14.8 Å². The van der Waals surface area contributed by atoms with Gasteiger partial charge in [0.25, 0.3) is 0 Å². The number of hydrogen-bond donors (Lipinski definition) is 1. The van der Waals surface area contributed by atoms with Crippen LogP contribution in [-0.2, 0) is 7.05 Å². The van der Waals surface area contributed by atoms with Crippen molar-refractivity contribution < 1.29 is 0 Å². The van der Waals surface area contributed by atoms with Gasteiger partial charge in [-0.15, -0.1) is 0 Å². The Morgan fingerprint density at radius 2 is 2.11 bits per heavy atom. The first kappa shape index (κ1) is 13.2. The maximum Gasteiger partial charge on any atom is 0.123 e. The molecule has 0 aliphatic carbocycles. The van der Waals surface area contributed by atoms with Crippen LogP contribution in [0.3, 0.4) is 0 Å². The second-order valence-electron chi connectivity index (χ2n) is 4.30. The molecule has 2 aromatic heterocycles. The van der Waals surface area contributed by atoms with Gasteiger partial charge in [-0.05, 0) is 29.8 Å². The van der Waals surface area contributed by atoms with E-state index in [0.29, 0.717) is 10.9 Å². The number of nitrogen functional groups attached to an aromatic ring is 1. The van der Waals surface area contributed by atoms with E-state index in [1.54, 1.807) is 10.9 Å². The van der Waals surface area contributed by atoms with E-state index in [1.807, 2.05) is 19.2 Å². The number of nitrogens with zero attached hydrogens (tertiary/aromatic N) is 3. The normalized spacial score (nSPS) is 11.2. The van der Waals surface area contributed by atoms with E-state index in [0.717, 1.165) is 21.4 Å². The fourth-order valence-corrected chi connectivity index (χ4v) is 2.55. The van der Waals surface area contributed by atoms with E-state index in [1.165, 1.54) is 11.8 Å². The lowest BCUT2D eigenvalue weighted by Crippen LogP contribution is -1.94. The summed E-state index contributed by atoms with van der Waals surface area (Å²) in [5.74, 6) is 0.309. The third-order valence-electron chi connectivity index (χ3n) is 2.51. The predicted molar refractivity (Wildman–Crippen MR) is 75.1 cm³/mol. The van der Waals surface area contributed by atoms with Gasteiger partial charge in [0.05, 0.1) is 16.4 Å². The zero-order valence-corrected chi connectivity index (χ0v) is 12.1. The number of hydrogen-bond acceptors (Lipinski definition) is 4. The Morgan fingerprint density at radius 3 is 2.61 bits per heavy atom. The lowest BCUT2D eigenvalue weighted by atomic mass is 10.1. The van der Waals surface area contributed by atoms with Gasteiger partial charge in [-0.3, -0.25) is 4.68 Å². The fourth-order valence-electron chi connectivity index (χ4n) is 1.61. The van der Waals surface area contributed by atoms with E-state index in [9.17, 15) is 0 Å². The molecule has 2 rings (SSSR count). The Balaban J connectivity index is 2.32. The molecular formula is C12H15ClN4S. The highest BCUT2D eigenvalue weighted by Gasteiger charge is 2.17. The Labute approximate surface area is 116 Å². The highest BCUT2D eigenvalue weighted by molar-refractivity contribution is 7.99. The average molecular weight is 283 g/mol. The van der Waals surface area contributed by atoms with Gasteiger partial charge in [0.15, 0.2) is 0 Å². The number of aromatic nitrogens is 3. The van der Waals surface area contributed by atoms with Gasteiger partial charge in [0.2, 0.25) is 0 Å². The molecule has 6 heteroatoms. The number of nitrogens with two attached hydrogens (primary N) is 1. The molecule has 0 saturated heterocycles. The lowest BCUT2D eigenvalue weighted by Gasteiger charge is -2.03. The van der Waals surface area contributed by atoms with Crippen molar-refractivity contribution in [1.29, 1.82) is 0 Å². The van der Waals surface area contributed by atoms with E-state index in [4.69, 9.17) is 17.3 Å². The largest absolute Gasteiger partial charge is 0.395 e. The van der Waals surface area contributed by atoms with Gasteiger partial charge in [-0.1, -0.05) is 25.4 Å². The van der Waals surface area contributed by atoms with Crippen LogP contribution in [0.4, 0.5) is 5.69 Å². The van der Waals surface area contributed by atoms with Gasteiger partial charge in [-0.25, -0.2) is 4.98 Å². The first-order valence-electron chi connectivity index (χ1n) is 5.60. The molecule has 0 aromatic carbocycles. The molecule has 0 fully saturated rings. The van der Waals surface area contributed by atoms with Crippen molar-refractivity contribution in [2.75, 3.05) is 5.73 Å². The summed E-state index contributed by atoms with van der Waals surface area (Å²) >= 11 is 7.30. The first-order chi connectivity index (χ1) is 8.49. The summed E-state index contributed by atoms with van der Waals surface area (Å²) in [6, 6.07) is 3.68. The molecule has 2 heterocycles. The van der Waals surface area contributed by atoms with Gasteiger partial charge in [0, 0.05) is 13.2 Å². The Hall–Kier alpha value is -1.20. The SMILES string of the molecule is CC(C)c1nn(C)c(Sc2ccc(Cl)cn2)c1N. The summed E-state index contributed by atoms with van der Waals surface area (Å²) < 4.78 is 1.80. The molecule has 2 N–H and O–H groups in total. The van der Waals surface area contributed by atoms with Crippen molar-refractivity contribution in [1.82, 2.24) is 14.8 Å². The summed E-state index contributed by atoms with van der Waals surface area (Å²) in [5, 5.41) is 6.83. The molecule has 0 atom stereocenters. The van der Waals surface area contributed by atoms with E-state index >= 15 is 0 Å². The molecule has 96 valence electrons. The van der Waals surface area contributed by atoms with Crippen LogP contribution < -0.4 is 5.73 Å². The van der Waals surface area contributed by atoms with Gasteiger partial charge in [0.1, 0.15) is 10.1 Å². The zero-order chi connectivity index (χ0) is 13.3. The highest BCUT2D eigenvalue weighted by Crippen LogP contribution is 2.34. The summed E-state index contributed by atoms with van der Waals surface area (Å²) in [6.45, 7) is 4.15. The standard InChI is InChI=1S/C12H15ClN4S/c1-7(2)11-10(14)12(17(3)16-11)18-9-5-4-8(13)6-15-9/h4-7H,14H2,1-3H3. The summed E-state index contributed by atoms with van der Waals surface area (Å²) in [7, 11) is 1.89. The lowest BCUT2D eigenvalue weighted by molar-refractivity contribution is 0.670. The topological polar surface area (TPSA) is 56.7 Å². The Kier molecular flexibility index (Phi) is 3.82. The maximum absolute atomic E-state index is 6.12. The van der Waals surface area contributed by atoms with Crippen molar-refractivity contribution in [3.63, 3.8) is 0 Å². The van der Waals surface area contributed by atoms with E-state index in [2.05, 4.69) is 23.9 Å². The maximum atomic E-state index is 6.12. The Bertz CT molecular complexity index is 548. The summed E-state index contributed by atoms with van der Waals surface area (Å²) in [5.41, 5.74) is 7.78. The first-order valence-corrected chi connectivity index (χ1v) is 6.80. The van der Waals surface area contributed by atoms with Gasteiger partial charge >= 0.3 is 0 Å². The number of anilines is 1. The highest BCUT2D eigenvalue weighted by atomic mass is 35.5. The average Bonchev–Trinajstić information content (AvgIpc) is 2.60. The second-order valence-corrected chi connectivity index (χ2v) is 5.74. The third kappa shape index (κ3) is 2.62. The van der Waals surface area contributed by atoms with E-state index in [-0.39, 0.29) is 0 Å². The van der Waals surface area contributed by atoms with Crippen LogP contribution in [0.15, 0.2) is 28.4 Å². The molecule has 0 saturated carbocycles. The fraction of sp³-hybridized carbons (Fsp3) is 0.333. The van der Waals surface area contributed by atoms with Gasteiger partial charge < -0.3 is 5.73 Å².